The summed E-state index contributed by atoms with van der Waals surface area (Å²) in [7, 11) is 0. The molecule has 2 aromatic carbocycles. The van der Waals surface area contributed by atoms with Crippen molar-refractivity contribution in [3.05, 3.63) is 76.2 Å². The second kappa shape index (κ2) is 7.23. The van der Waals surface area contributed by atoms with Gasteiger partial charge in [0.05, 0.1) is 28.8 Å². The van der Waals surface area contributed by atoms with Crippen molar-refractivity contribution < 1.29 is 0 Å². The fourth-order valence-corrected chi connectivity index (χ4v) is 4.14. The van der Waals surface area contributed by atoms with Crippen molar-refractivity contribution in [2.75, 3.05) is 5.73 Å². The highest BCUT2D eigenvalue weighted by molar-refractivity contribution is 6.35. The molecule has 30 heavy (non-hydrogen) atoms. The van der Waals surface area contributed by atoms with E-state index < -0.39 is 0 Å². The molecule has 0 aliphatic carbocycles. The maximum absolute atomic E-state index is 6.51. The van der Waals surface area contributed by atoms with E-state index >= 15 is 0 Å². The molecule has 3 heterocycles. The minimum Gasteiger partial charge on any atom is -0.383 e. The van der Waals surface area contributed by atoms with Crippen molar-refractivity contribution >= 4 is 51.0 Å². The summed E-state index contributed by atoms with van der Waals surface area (Å²) in [6.45, 7) is 2.32. The van der Waals surface area contributed by atoms with E-state index in [2.05, 4.69) is 15.1 Å². The lowest BCUT2D eigenvalue weighted by Crippen LogP contribution is -2.06. The summed E-state index contributed by atoms with van der Waals surface area (Å²) >= 11 is 13.0. The molecule has 5 aromatic rings. The lowest BCUT2D eigenvalue weighted by molar-refractivity contribution is 0.695. The van der Waals surface area contributed by atoms with Gasteiger partial charge < -0.3 is 5.73 Å². The van der Waals surface area contributed by atoms with Crippen LogP contribution in [-0.2, 0) is 6.54 Å². The number of hydrogen-bond acceptors (Lipinski definition) is 5. The Balaban J connectivity index is 1.76. The van der Waals surface area contributed by atoms with Crippen LogP contribution < -0.4 is 5.73 Å². The van der Waals surface area contributed by atoms with E-state index in [4.69, 9.17) is 33.9 Å². The zero-order chi connectivity index (χ0) is 20.8. The largest absolute Gasteiger partial charge is 0.383 e. The fourth-order valence-electron chi connectivity index (χ4n) is 3.69. The molecule has 3 aromatic heterocycles. The first-order valence-corrected chi connectivity index (χ1v) is 10.0. The molecule has 0 atom stereocenters. The number of aromatic nitrogens is 5. The maximum atomic E-state index is 6.51. The van der Waals surface area contributed by atoms with Gasteiger partial charge in [0.15, 0.2) is 5.65 Å². The van der Waals surface area contributed by atoms with Crippen LogP contribution >= 0.6 is 23.2 Å². The van der Waals surface area contributed by atoms with Gasteiger partial charge in [0, 0.05) is 26.6 Å². The topological polar surface area (TPSA) is 82.5 Å². The number of rotatable bonds is 3. The predicted molar refractivity (Wildman–Crippen MR) is 121 cm³/mol. The molecule has 6 nitrogen and oxygen atoms in total. The Kier molecular flexibility index (Phi) is 4.53. The first kappa shape index (κ1) is 18.8. The number of nitrogens with two attached hydrogens (primary N) is 1. The average Bonchev–Trinajstić information content (AvgIpc) is 3.05. The Morgan fingerprint density at radius 1 is 1.00 bits per heavy atom. The molecule has 0 fully saturated rings. The van der Waals surface area contributed by atoms with Crippen LogP contribution in [0.2, 0.25) is 10.0 Å². The molecule has 2 N–H and O–H groups in total. The van der Waals surface area contributed by atoms with Gasteiger partial charge in [0.1, 0.15) is 12.1 Å². The van der Waals surface area contributed by atoms with Crippen LogP contribution in [-0.4, -0.2) is 24.7 Å². The predicted octanol–water partition coefficient (Wildman–Crippen LogP) is 5.29. The Morgan fingerprint density at radius 2 is 1.80 bits per heavy atom. The van der Waals surface area contributed by atoms with Crippen molar-refractivity contribution in [3.63, 3.8) is 0 Å². The Morgan fingerprint density at radius 3 is 2.63 bits per heavy atom. The minimum atomic E-state index is 0.412. The first-order valence-electron chi connectivity index (χ1n) is 9.29. The smallest absolute Gasteiger partial charge is 0.163 e. The number of anilines is 1. The molecule has 0 aliphatic heterocycles. The van der Waals surface area contributed by atoms with Crippen molar-refractivity contribution in [2.24, 2.45) is 0 Å². The number of nitrogen functional groups attached to an aromatic ring is 1. The van der Waals surface area contributed by atoms with Crippen LogP contribution in [0.1, 0.15) is 11.3 Å². The van der Waals surface area contributed by atoms with Crippen molar-refractivity contribution in [3.8, 4) is 11.3 Å². The number of aryl methyl sites for hydroxylation is 1. The summed E-state index contributed by atoms with van der Waals surface area (Å²) < 4.78 is 1.81. The Labute approximate surface area is 182 Å². The van der Waals surface area contributed by atoms with E-state index in [0.29, 0.717) is 28.1 Å². The van der Waals surface area contributed by atoms with Crippen LogP contribution in [0.4, 0.5) is 5.82 Å². The highest BCUT2D eigenvalue weighted by atomic mass is 35.5. The molecule has 0 radical (unpaired) electrons. The van der Waals surface area contributed by atoms with Crippen molar-refractivity contribution in [1.29, 1.82) is 0 Å². The van der Waals surface area contributed by atoms with E-state index in [0.717, 1.165) is 38.8 Å². The highest BCUT2D eigenvalue weighted by Gasteiger charge is 2.17. The maximum Gasteiger partial charge on any atom is 0.163 e. The third-order valence-electron chi connectivity index (χ3n) is 5.07. The summed E-state index contributed by atoms with van der Waals surface area (Å²) in [6, 6.07) is 15.4. The molecule has 0 amide bonds. The molecular formula is C22H16Cl2N6. The molecule has 8 heteroatoms. The molecular weight excluding hydrogens is 419 g/mol. The number of benzene rings is 2. The quantitative estimate of drug-likeness (QED) is 0.417. The van der Waals surface area contributed by atoms with E-state index in [1.807, 2.05) is 60.1 Å². The third-order valence-corrected chi connectivity index (χ3v) is 5.73. The summed E-state index contributed by atoms with van der Waals surface area (Å²) in [5, 5.41) is 7.53. The Hall–Kier alpha value is -3.22. The molecule has 0 bridgehead atoms. The molecule has 5 rings (SSSR count). The SMILES string of the molecule is Cc1nn(Cc2cc3c(Cl)cccc3nc2-c2ccccc2Cl)c2ncnc(N)c12. The highest BCUT2D eigenvalue weighted by Crippen LogP contribution is 2.34. The monoisotopic (exact) mass is 434 g/mol. The Bertz CT molecular complexity index is 1430. The fraction of sp³-hybridized carbons (Fsp3) is 0.0909. The van der Waals surface area contributed by atoms with Crippen LogP contribution in [0.3, 0.4) is 0 Å². The van der Waals surface area contributed by atoms with Gasteiger partial charge in [-0.3, -0.25) is 0 Å². The molecule has 0 unspecified atom stereocenters. The minimum absolute atomic E-state index is 0.412. The summed E-state index contributed by atoms with van der Waals surface area (Å²) in [5.41, 5.74) is 10.8. The van der Waals surface area contributed by atoms with Gasteiger partial charge >= 0.3 is 0 Å². The summed E-state index contributed by atoms with van der Waals surface area (Å²) in [5.74, 6) is 0.412. The van der Waals surface area contributed by atoms with Crippen LogP contribution in [0.5, 0.6) is 0 Å². The zero-order valence-electron chi connectivity index (χ0n) is 16.0. The van der Waals surface area contributed by atoms with E-state index in [9.17, 15) is 0 Å². The first-order chi connectivity index (χ1) is 14.5. The molecule has 148 valence electrons. The average molecular weight is 435 g/mol. The van der Waals surface area contributed by atoms with Gasteiger partial charge in [-0.05, 0) is 31.2 Å². The summed E-state index contributed by atoms with van der Waals surface area (Å²) in [4.78, 5) is 13.4. The van der Waals surface area contributed by atoms with Crippen LogP contribution in [0.25, 0.3) is 33.2 Å². The molecule has 0 saturated carbocycles. The lowest BCUT2D eigenvalue weighted by atomic mass is 10.0. The zero-order valence-corrected chi connectivity index (χ0v) is 17.5. The van der Waals surface area contributed by atoms with Gasteiger partial charge in [-0.2, -0.15) is 5.10 Å². The van der Waals surface area contributed by atoms with Crippen LogP contribution in [0, 0.1) is 6.92 Å². The van der Waals surface area contributed by atoms with Gasteiger partial charge in [-0.15, -0.1) is 0 Å². The summed E-state index contributed by atoms with van der Waals surface area (Å²) in [6.07, 6.45) is 1.44. The van der Waals surface area contributed by atoms with Crippen molar-refractivity contribution in [2.45, 2.75) is 13.5 Å². The number of fused-ring (bicyclic) bond motifs is 2. The second-order valence-electron chi connectivity index (χ2n) is 6.98. The number of pyridine rings is 1. The van der Waals surface area contributed by atoms with Crippen molar-refractivity contribution in [1.82, 2.24) is 24.7 Å². The van der Waals surface area contributed by atoms with E-state index in [-0.39, 0.29) is 0 Å². The van der Waals surface area contributed by atoms with Crippen LogP contribution in [0.15, 0.2) is 54.9 Å². The standard InChI is InChI=1S/C22H16Cl2N6/c1-12-19-21(25)26-11-27-22(19)30(29-12)10-13-9-15-17(24)7-4-8-18(15)28-20(13)14-5-2-3-6-16(14)23/h2-9,11H,10H2,1H3,(H2,25,26,27). The van der Waals surface area contributed by atoms with Gasteiger partial charge in [-0.25, -0.2) is 19.6 Å². The van der Waals surface area contributed by atoms with Gasteiger partial charge in [0.2, 0.25) is 0 Å². The second-order valence-corrected chi connectivity index (χ2v) is 7.80. The van der Waals surface area contributed by atoms with Gasteiger partial charge in [-0.1, -0.05) is 47.5 Å². The normalized spacial score (nSPS) is 11.4. The molecule has 0 spiro atoms. The van der Waals surface area contributed by atoms with Gasteiger partial charge in [0.25, 0.3) is 0 Å². The lowest BCUT2D eigenvalue weighted by Gasteiger charge is -2.13. The molecule has 0 saturated heterocycles. The number of halogens is 2. The van der Waals surface area contributed by atoms with E-state index in [1.165, 1.54) is 6.33 Å². The third kappa shape index (κ3) is 3.05. The number of nitrogens with zero attached hydrogens (tertiary/aromatic N) is 5. The molecule has 0 aliphatic rings. The van der Waals surface area contributed by atoms with E-state index in [1.54, 1.807) is 0 Å². The number of hydrogen-bond donors (Lipinski definition) is 1.